The fraction of sp³-hybridized carbons (Fsp3) is 0.417. The number of quaternary nitrogens is 1. The summed E-state index contributed by atoms with van der Waals surface area (Å²) in [6, 6.07) is 5.78. The van der Waals surface area contributed by atoms with E-state index >= 15 is 0 Å². The van der Waals surface area contributed by atoms with Crippen LogP contribution in [0.4, 0.5) is 0 Å². The number of Topliss-reactive ketones (excluding diaryl/α,β-unsaturated/α-hetero) is 1. The average molecular weight is 303 g/mol. The first-order valence-corrected chi connectivity index (χ1v) is 8.24. The van der Waals surface area contributed by atoms with E-state index in [-0.39, 0.29) is 10.3 Å². The Bertz CT molecular complexity index is 519. The van der Waals surface area contributed by atoms with Crippen LogP contribution in [0.3, 0.4) is 0 Å². The molecule has 19 heavy (non-hydrogen) atoms. The maximum Gasteiger partial charge on any atom is 0.197 e. The first-order valence-electron chi connectivity index (χ1n) is 5.78. The van der Waals surface area contributed by atoms with Crippen LogP contribution in [0.5, 0.6) is 0 Å². The highest BCUT2D eigenvalue weighted by molar-refractivity contribution is 8.00. The fourth-order valence-electron chi connectivity index (χ4n) is 1.47. The lowest BCUT2D eigenvalue weighted by atomic mass is 10.2. The van der Waals surface area contributed by atoms with Gasteiger partial charge in [0.25, 0.3) is 0 Å². The number of benzene rings is 1. The van der Waals surface area contributed by atoms with E-state index in [9.17, 15) is 17.8 Å². The van der Waals surface area contributed by atoms with Crippen LogP contribution in [-0.2, 0) is 14.9 Å². The summed E-state index contributed by atoms with van der Waals surface area (Å²) in [6.45, 7) is 4.58. The normalized spacial score (nSPS) is 18.6. The molecule has 1 aromatic carbocycles. The zero-order valence-electron chi connectivity index (χ0n) is 10.8. The minimum Gasteiger partial charge on any atom is -0.744 e. The van der Waals surface area contributed by atoms with Crippen LogP contribution in [0, 0.1) is 6.92 Å². The van der Waals surface area contributed by atoms with Gasteiger partial charge in [0, 0.05) is 12.7 Å². The Labute approximate surface area is 117 Å². The van der Waals surface area contributed by atoms with Gasteiger partial charge >= 0.3 is 0 Å². The van der Waals surface area contributed by atoms with Crippen molar-refractivity contribution in [1.82, 2.24) is 0 Å². The second-order valence-electron chi connectivity index (χ2n) is 4.19. The van der Waals surface area contributed by atoms with Crippen molar-refractivity contribution in [2.45, 2.75) is 24.1 Å². The van der Waals surface area contributed by atoms with Gasteiger partial charge in [-0.25, -0.2) is 8.42 Å². The molecule has 1 aliphatic heterocycles. The first kappa shape index (κ1) is 16.2. The third-order valence-electron chi connectivity index (χ3n) is 2.51. The Hall–Kier alpha value is -0.890. The third-order valence-corrected chi connectivity index (χ3v) is 4.71. The van der Waals surface area contributed by atoms with Gasteiger partial charge in [0.2, 0.25) is 0 Å². The van der Waals surface area contributed by atoms with Crippen molar-refractivity contribution >= 4 is 27.7 Å². The van der Waals surface area contributed by atoms with Crippen molar-refractivity contribution in [2.24, 2.45) is 0 Å². The number of hydrogen-bond acceptors (Lipinski definition) is 5. The monoisotopic (exact) mass is 303 g/mol. The predicted octanol–water partition coefficient (Wildman–Crippen LogP) is 0.111. The van der Waals surface area contributed by atoms with Crippen LogP contribution in [0.25, 0.3) is 0 Å². The van der Waals surface area contributed by atoms with Gasteiger partial charge in [0.05, 0.1) is 11.4 Å². The molecule has 1 unspecified atom stereocenters. The molecule has 0 radical (unpaired) electrons. The van der Waals surface area contributed by atoms with E-state index in [1.807, 2.05) is 6.92 Å². The minimum atomic E-state index is -4.27. The molecule has 1 aromatic rings. The largest absolute Gasteiger partial charge is 0.744 e. The third kappa shape index (κ3) is 5.73. The maximum atomic E-state index is 10.6. The van der Waals surface area contributed by atoms with Crippen molar-refractivity contribution in [3.63, 3.8) is 0 Å². The van der Waals surface area contributed by atoms with E-state index in [2.05, 4.69) is 5.32 Å². The number of aryl methyl sites for hydroxylation is 1. The molecule has 1 saturated heterocycles. The van der Waals surface area contributed by atoms with Gasteiger partial charge in [-0.2, -0.15) is 0 Å². The second kappa shape index (κ2) is 7.04. The molecule has 0 amide bonds. The Morgan fingerprint density at radius 1 is 1.37 bits per heavy atom. The predicted molar refractivity (Wildman–Crippen MR) is 72.9 cm³/mol. The Kier molecular flexibility index (Phi) is 5.99. The van der Waals surface area contributed by atoms with Crippen molar-refractivity contribution in [2.75, 3.05) is 12.3 Å². The van der Waals surface area contributed by atoms with Crippen LogP contribution in [0.2, 0.25) is 0 Å². The molecule has 0 spiro atoms. The van der Waals surface area contributed by atoms with Crippen molar-refractivity contribution < 1.29 is 23.1 Å². The summed E-state index contributed by atoms with van der Waals surface area (Å²) in [5, 5.41) is 2.31. The Morgan fingerprint density at radius 3 is 2.26 bits per heavy atom. The molecular formula is C12H17NO4S2. The lowest BCUT2D eigenvalue weighted by molar-refractivity contribution is -0.645. The summed E-state index contributed by atoms with van der Waals surface area (Å²) >= 11 is 1.75. The number of hydrogen-bond donors (Lipinski definition) is 1. The van der Waals surface area contributed by atoms with Crippen LogP contribution in [0.15, 0.2) is 29.2 Å². The standard InChI is InChI=1S/C7H8O3S.C5H9NOS/c1-6-2-4-7(5-3-6)11(8,9)10;1-4(7)5-6-2-3-8-5/h2-5H,1H3,(H,8,9,10);5-6H,2-3H2,1H3. The Morgan fingerprint density at radius 2 is 1.95 bits per heavy atom. The molecule has 1 fully saturated rings. The maximum absolute atomic E-state index is 10.6. The summed E-state index contributed by atoms with van der Waals surface area (Å²) in [5.74, 6) is 1.43. The molecule has 1 atom stereocenters. The lowest BCUT2D eigenvalue weighted by Crippen LogP contribution is -2.87. The molecule has 0 bridgehead atoms. The van der Waals surface area contributed by atoms with E-state index in [4.69, 9.17) is 0 Å². The Balaban J connectivity index is 0.000000200. The van der Waals surface area contributed by atoms with Gasteiger partial charge in [0.1, 0.15) is 10.1 Å². The number of rotatable bonds is 2. The lowest BCUT2D eigenvalue weighted by Gasteiger charge is -2.05. The van der Waals surface area contributed by atoms with Crippen LogP contribution < -0.4 is 5.32 Å². The van der Waals surface area contributed by atoms with Crippen molar-refractivity contribution in [3.8, 4) is 0 Å². The van der Waals surface area contributed by atoms with Crippen molar-refractivity contribution in [3.05, 3.63) is 29.8 Å². The van der Waals surface area contributed by atoms with E-state index < -0.39 is 10.1 Å². The van der Waals surface area contributed by atoms with Crippen LogP contribution in [-0.4, -0.2) is 36.4 Å². The molecule has 7 heteroatoms. The second-order valence-corrected chi connectivity index (χ2v) is 6.82. The van der Waals surface area contributed by atoms with Gasteiger partial charge in [0.15, 0.2) is 11.2 Å². The smallest absolute Gasteiger partial charge is 0.197 e. The quantitative estimate of drug-likeness (QED) is 0.783. The number of nitrogens with two attached hydrogens (primary N) is 1. The van der Waals surface area contributed by atoms with Crippen LogP contribution >= 0.6 is 11.8 Å². The zero-order valence-corrected chi connectivity index (χ0v) is 12.5. The van der Waals surface area contributed by atoms with Gasteiger partial charge in [-0.1, -0.05) is 29.5 Å². The van der Waals surface area contributed by atoms with Gasteiger partial charge in [-0.05, 0) is 19.1 Å². The van der Waals surface area contributed by atoms with E-state index in [1.165, 1.54) is 12.1 Å². The van der Waals surface area contributed by atoms with E-state index in [0.717, 1.165) is 17.9 Å². The number of carbonyl (C=O) groups excluding carboxylic acids is 1. The highest BCUT2D eigenvalue weighted by Gasteiger charge is 2.22. The zero-order chi connectivity index (χ0) is 14.5. The number of ketones is 1. The molecule has 2 rings (SSSR count). The molecule has 0 aromatic heterocycles. The summed E-state index contributed by atoms with van der Waals surface area (Å²) in [6.07, 6.45) is 0. The number of carbonyl (C=O) groups is 1. The molecule has 106 valence electrons. The fourth-order valence-corrected chi connectivity index (χ4v) is 2.97. The number of thioether (sulfide) groups is 1. The molecule has 1 heterocycles. The molecular weight excluding hydrogens is 286 g/mol. The SMILES string of the molecule is CC(=O)C1[NH2+]CCS1.Cc1ccc(S(=O)(=O)[O-])cc1. The minimum absolute atomic E-state index is 0.178. The molecule has 0 saturated carbocycles. The highest BCUT2D eigenvalue weighted by atomic mass is 32.2. The topological polar surface area (TPSA) is 90.9 Å². The summed E-state index contributed by atoms with van der Waals surface area (Å²) in [5.41, 5.74) is 0.928. The summed E-state index contributed by atoms with van der Waals surface area (Å²) < 4.78 is 31.2. The highest BCUT2D eigenvalue weighted by Crippen LogP contribution is 2.08. The average Bonchev–Trinajstić information content (AvgIpc) is 2.82. The van der Waals surface area contributed by atoms with Crippen molar-refractivity contribution in [1.29, 1.82) is 0 Å². The summed E-state index contributed by atoms with van der Waals surface area (Å²) in [4.78, 5) is 10.4. The molecule has 1 aliphatic rings. The molecule has 0 aliphatic carbocycles. The first-order chi connectivity index (χ1) is 8.80. The van der Waals surface area contributed by atoms with Gasteiger partial charge in [-0.3, -0.25) is 4.79 Å². The molecule has 5 nitrogen and oxygen atoms in total. The van der Waals surface area contributed by atoms with Gasteiger partial charge in [-0.15, -0.1) is 0 Å². The molecule has 2 N–H and O–H groups in total. The van der Waals surface area contributed by atoms with Crippen LogP contribution in [0.1, 0.15) is 12.5 Å². The summed E-state index contributed by atoms with van der Waals surface area (Å²) in [7, 11) is -4.27. The van der Waals surface area contributed by atoms with Gasteiger partial charge < -0.3 is 9.87 Å². The van der Waals surface area contributed by atoms with E-state index in [1.54, 1.807) is 30.8 Å². The van der Waals surface area contributed by atoms with E-state index in [0.29, 0.717) is 5.78 Å².